The van der Waals surface area contributed by atoms with Gasteiger partial charge in [0.25, 0.3) is 0 Å². The molecule has 120 valence electrons. The van der Waals surface area contributed by atoms with Gasteiger partial charge >= 0.3 is 0 Å². The average Bonchev–Trinajstić information content (AvgIpc) is 2.36. The Morgan fingerprint density at radius 3 is 2.36 bits per heavy atom. The quantitative estimate of drug-likeness (QED) is 0.475. The molecule has 0 nitrogen and oxygen atoms in total. The zero-order valence-electron chi connectivity index (χ0n) is 15.3. The van der Waals surface area contributed by atoms with Gasteiger partial charge in [-0.1, -0.05) is 79.2 Å². The Balaban J connectivity index is 2.79. The summed E-state index contributed by atoms with van der Waals surface area (Å²) in [4.78, 5) is 0. The molecule has 0 aromatic rings. The fourth-order valence-corrected chi connectivity index (χ4v) is 3.07. The minimum Gasteiger partial charge on any atom is -0.0961 e. The highest BCUT2D eigenvalue weighted by atomic mass is 14.3. The molecule has 0 saturated heterocycles. The summed E-state index contributed by atoms with van der Waals surface area (Å²) in [6.07, 6.45) is 16.9. The minimum atomic E-state index is 0.315. The molecule has 0 saturated carbocycles. The summed E-state index contributed by atoms with van der Waals surface area (Å²) in [6.45, 7) is 17.2. The van der Waals surface area contributed by atoms with Gasteiger partial charge in [-0.05, 0) is 57.9 Å². The Hall–Kier alpha value is -1.56. The van der Waals surface area contributed by atoms with Gasteiger partial charge in [0.1, 0.15) is 0 Å². The van der Waals surface area contributed by atoms with Crippen LogP contribution in [-0.2, 0) is 0 Å². The van der Waals surface area contributed by atoms with Crippen LogP contribution in [0.4, 0.5) is 0 Å². The molecular formula is C22H32. The largest absolute Gasteiger partial charge is 0.0961 e. The van der Waals surface area contributed by atoms with Crippen molar-refractivity contribution in [2.75, 3.05) is 0 Å². The van der Waals surface area contributed by atoms with Gasteiger partial charge in [-0.25, -0.2) is 0 Å². The van der Waals surface area contributed by atoms with Crippen molar-refractivity contribution in [3.05, 3.63) is 70.9 Å². The summed E-state index contributed by atoms with van der Waals surface area (Å²) in [5, 5.41) is 0. The van der Waals surface area contributed by atoms with Crippen molar-refractivity contribution in [2.24, 2.45) is 5.41 Å². The highest BCUT2D eigenvalue weighted by Crippen LogP contribution is 2.40. The predicted octanol–water partition coefficient (Wildman–Crippen LogP) is 7.09. The van der Waals surface area contributed by atoms with Gasteiger partial charge in [-0.3, -0.25) is 0 Å². The zero-order valence-corrected chi connectivity index (χ0v) is 15.3. The number of rotatable bonds is 5. The van der Waals surface area contributed by atoms with Crippen molar-refractivity contribution < 1.29 is 0 Å². The van der Waals surface area contributed by atoms with E-state index in [-0.39, 0.29) is 0 Å². The van der Waals surface area contributed by atoms with Crippen LogP contribution < -0.4 is 0 Å². The Kier molecular flexibility index (Phi) is 6.87. The lowest BCUT2D eigenvalue weighted by molar-refractivity contribution is 0.377. The first kappa shape index (κ1) is 18.5. The Morgan fingerprint density at radius 1 is 1.09 bits per heavy atom. The van der Waals surface area contributed by atoms with E-state index < -0.39 is 0 Å². The van der Waals surface area contributed by atoms with Crippen molar-refractivity contribution in [1.82, 2.24) is 0 Å². The van der Waals surface area contributed by atoms with Gasteiger partial charge in [-0.15, -0.1) is 0 Å². The fourth-order valence-electron chi connectivity index (χ4n) is 3.07. The van der Waals surface area contributed by atoms with Crippen LogP contribution in [0.2, 0.25) is 0 Å². The molecule has 0 aliphatic heterocycles. The third-order valence-corrected chi connectivity index (χ3v) is 4.25. The van der Waals surface area contributed by atoms with Crippen LogP contribution >= 0.6 is 0 Å². The van der Waals surface area contributed by atoms with Crippen LogP contribution in [0, 0.1) is 5.41 Å². The molecule has 0 aromatic heterocycles. The van der Waals surface area contributed by atoms with Gasteiger partial charge in [0, 0.05) is 0 Å². The Labute approximate surface area is 137 Å². The summed E-state index contributed by atoms with van der Waals surface area (Å²) >= 11 is 0. The lowest BCUT2D eigenvalue weighted by Crippen LogP contribution is -2.19. The van der Waals surface area contributed by atoms with Gasteiger partial charge < -0.3 is 0 Å². The Morgan fingerprint density at radius 2 is 1.77 bits per heavy atom. The monoisotopic (exact) mass is 296 g/mol. The van der Waals surface area contributed by atoms with Crippen LogP contribution in [0.5, 0.6) is 0 Å². The lowest BCUT2D eigenvalue weighted by atomic mass is 9.72. The van der Waals surface area contributed by atoms with E-state index in [2.05, 4.69) is 77.7 Å². The van der Waals surface area contributed by atoms with Gasteiger partial charge in [0.15, 0.2) is 0 Å². The SMILES string of the molecule is C=C(C)\C=C(C)/C=C/C=C(C)/C=C/C1=C(C)CCCC1(C)C. The summed E-state index contributed by atoms with van der Waals surface area (Å²) in [5.74, 6) is 0. The summed E-state index contributed by atoms with van der Waals surface area (Å²) < 4.78 is 0. The lowest BCUT2D eigenvalue weighted by Gasteiger charge is -2.32. The van der Waals surface area contributed by atoms with Crippen LogP contribution in [0.15, 0.2) is 70.9 Å². The van der Waals surface area contributed by atoms with E-state index in [1.807, 2.05) is 6.92 Å². The van der Waals surface area contributed by atoms with Gasteiger partial charge in [-0.2, -0.15) is 0 Å². The smallest absolute Gasteiger partial charge is 0.0104 e. The maximum absolute atomic E-state index is 3.90. The standard InChI is InChI=1S/C22H32/c1-17(2)16-19(4)11-8-10-18(3)13-14-21-20(5)12-9-15-22(21,6)7/h8,10-11,13-14,16H,1,9,12,15H2,2-7H3/b11-8+,14-13+,18-10+,19-16-. The van der Waals surface area contributed by atoms with Gasteiger partial charge in [0.2, 0.25) is 0 Å². The third-order valence-electron chi connectivity index (χ3n) is 4.25. The van der Waals surface area contributed by atoms with Crippen LogP contribution in [0.3, 0.4) is 0 Å². The van der Waals surface area contributed by atoms with Crippen molar-refractivity contribution in [3.8, 4) is 0 Å². The van der Waals surface area contributed by atoms with Crippen LogP contribution in [0.25, 0.3) is 0 Å². The second kappa shape index (κ2) is 8.17. The van der Waals surface area contributed by atoms with E-state index >= 15 is 0 Å². The highest BCUT2D eigenvalue weighted by molar-refractivity contribution is 5.37. The van der Waals surface area contributed by atoms with Gasteiger partial charge in [0.05, 0.1) is 0 Å². The number of hydrogen-bond acceptors (Lipinski definition) is 0. The maximum Gasteiger partial charge on any atom is -0.0104 e. The third kappa shape index (κ3) is 6.05. The molecule has 1 aliphatic rings. The average molecular weight is 296 g/mol. The molecule has 0 atom stereocenters. The molecule has 1 aliphatic carbocycles. The summed E-state index contributed by atoms with van der Waals surface area (Å²) in [7, 11) is 0. The molecule has 0 N–H and O–H groups in total. The van der Waals surface area contributed by atoms with E-state index in [9.17, 15) is 0 Å². The van der Waals surface area contributed by atoms with E-state index in [1.54, 1.807) is 5.57 Å². The molecule has 22 heavy (non-hydrogen) atoms. The Bertz CT molecular complexity index is 557. The first-order chi connectivity index (χ1) is 10.2. The van der Waals surface area contributed by atoms with E-state index in [0.29, 0.717) is 5.41 Å². The topological polar surface area (TPSA) is 0 Å². The zero-order chi connectivity index (χ0) is 16.8. The summed E-state index contributed by atoms with van der Waals surface area (Å²) in [5.41, 5.74) is 6.98. The number of hydrogen-bond donors (Lipinski definition) is 0. The van der Waals surface area contributed by atoms with E-state index in [0.717, 1.165) is 5.57 Å². The second-order valence-corrected chi connectivity index (χ2v) is 7.27. The van der Waals surface area contributed by atoms with Crippen molar-refractivity contribution in [2.45, 2.75) is 60.8 Å². The number of allylic oxidation sites excluding steroid dienone is 11. The fraction of sp³-hybridized carbons (Fsp3) is 0.455. The first-order valence-electron chi connectivity index (χ1n) is 8.29. The summed E-state index contributed by atoms with van der Waals surface area (Å²) in [6, 6.07) is 0. The first-order valence-corrected chi connectivity index (χ1v) is 8.29. The van der Waals surface area contributed by atoms with E-state index in [1.165, 1.54) is 36.0 Å². The van der Waals surface area contributed by atoms with Crippen molar-refractivity contribution in [1.29, 1.82) is 0 Å². The predicted molar refractivity (Wildman–Crippen MR) is 101 cm³/mol. The molecule has 0 unspecified atom stereocenters. The normalized spacial score (nSPS) is 20.3. The molecular weight excluding hydrogens is 264 g/mol. The maximum atomic E-state index is 3.90. The van der Waals surface area contributed by atoms with Crippen LogP contribution in [-0.4, -0.2) is 0 Å². The van der Waals surface area contributed by atoms with Crippen molar-refractivity contribution in [3.63, 3.8) is 0 Å². The minimum absolute atomic E-state index is 0.315. The van der Waals surface area contributed by atoms with Crippen molar-refractivity contribution >= 4 is 0 Å². The van der Waals surface area contributed by atoms with Crippen LogP contribution in [0.1, 0.15) is 60.8 Å². The molecule has 1 rings (SSSR count). The van der Waals surface area contributed by atoms with E-state index in [4.69, 9.17) is 0 Å². The molecule has 0 amide bonds. The molecule has 0 spiro atoms. The molecule has 0 aromatic carbocycles. The molecule has 0 heteroatoms. The molecule has 0 fully saturated rings. The molecule has 0 radical (unpaired) electrons. The highest BCUT2D eigenvalue weighted by Gasteiger charge is 2.26. The molecule has 0 bridgehead atoms. The molecule has 0 heterocycles. The second-order valence-electron chi connectivity index (χ2n) is 7.27.